The normalized spacial score (nSPS) is 16.7. The lowest BCUT2D eigenvalue weighted by Gasteiger charge is -2.33. The highest BCUT2D eigenvalue weighted by Gasteiger charge is 2.29. The predicted octanol–water partition coefficient (Wildman–Crippen LogP) is 1.83. The van der Waals surface area contributed by atoms with Gasteiger partial charge in [0.1, 0.15) is 7.85 Å². The van der Waals surface area contributed by atoms with Gasteiger partial charge < -0.3 is 16.2 Å². The molecule has 0 aromatic carbocycles. The van der Waals surface area contributed by atoms with E-state index < -0.39 is 5.60 Å². The lowest BCUT2D eigenvalue weighted by Crippen LogP contribution is -2.45. The van der Waals surface area contributed by atoms with Crippen LogP contribution in [-0.4, -0.2) is 43.9 Å². The Morgan fingerprint density at radius 1 is 1.25 bits per heavy atom. The molecule has 0 aromatic heterocycles. The summed E-state index contributed by atoms with van der Waals surface area (Å²) in [5.41, 5.74) is 5.07. The quantitative estimate of drug-likeness (QED) is 0.534. The molecule has 1 fully saturated rings. The molecular weight excluding hydrogens is 249 g/mol. The van der Waals surface area contributed by atoms with Crippen molar-refractivity contribution in [2.75, 3.05) is 13.1 Å². The van der Waals surface area contributed by atoms with Crippen LogP contribution in [0.5, 0.6) is 0 Å². The highest BCUT2D eigenvalue weighted by molar-refractivity contribution is 6.32. The minimum absolute atomic E-state index is 0.00694. The van der Waals surface area contributed by atoms with E-state index in [1.165, 1.54) is 6.20 Å². The molecule has 0 aliphatic carbocycles. The molecule has 4 N–H and O–H groups in total. The zero-order valence-corrected chi connectivity index (χ0v) is 14.2. The molecule has 1 aliphatic rings. The first-order valence-corrected chi connectivity index (χ1v) is 7.21. The van der Waals surface area contributed by atoms with Crippen molar-refractivity contribution in [2.24, 2.45) is 16.1 Å². The molecule has 1 rings (SSSR count). The largest absolute Gasteiger partial charge is 0.405 e. The fourth-order valence-corrected chi connectivity index (χ4v) is 0.613. The number of hydrogen-bond donors (Lipinski definition) is 3. The molecule has 2 radical (unpaired) electrons. The van der Waals surface area contributed by atoms with Crippen molar-refractivity contribution in [3.63, 3.8) is 0 Å². The second-order valence-electron chi connectivity index (χ2n) is 6.07. The van der Waals surface area contributed by atoms with Gasteiger partial charge in [-0.05, 0) is 25.5 Å². The van der Waals surface area contributed by atoms with Crippen molar-refractivity contribution < 1.29 is 5.11 Å². The van der Waals surface area contributed by atoms with Gasteiger partial charge >= 0.3 is 0 Å². The van der Waals surface area contributed by atoms with Gasteiger partial charge in [0, 0.05) is 19.3 Å². The number of allylic oxidation sites excluding steroid dienone is 1. The third kappa shape index (κ3) is 10.0. The minimum Gasteiger partial charge on any atom is -0.405 e. The molecule has 0 aromatic rings. The van der Waals surface area contributed by atoms with Crippen LogP contribution in [0.15, 0.2) is 16.7 Å². The van der Waals surface area contributed by atoms with Crippen molar-refractivity contribution in [1.29, 1.82) is 0 Å². The SMILES string of the molecule is CC.CC(C)(C)C(C)(C)O.[B]/C(C=NC1CNC1)=C/N. The number of nitrogens with two attached hydrogens (primary N) is 1. The zero-order chi connectivity index (χ0) is 16.4. The van der Waals surface area contributed by atoms with Gasteiger partial charge in [-0.1, -0.05) is 40.1 Å². The smallest absolute Gasteiger partial charge is 0.117 e. The molecule has 0 bridgehead atoms. The maximum atomic E-state index is 9.35. The third-order valence-corrected chi connectivity index (χ3v) is 3.22. The first kappa shape index (κ1) is 21.5. The number of hydrogen-bond acceptors (Lipinski definition) is 4. The van der Waals surface area contributed by atoms with E-state index in [1.807, 2.05) is 48.5 Å². The summed E-state index contributed by atoms with van der Waals surface area (Å²) in [7, 11) is 5.37. The van der Waals surface area contributed by atoms with Gasteiger partial charge in [-0.25, -0.2) is 0 Å². The Balaban J connectivity index is 0. The van der Waals surface area contributed by atoms with Crippen LogP contribution in [0.3, 0.4) is 0 Å². The van der Waals surface area contributed by atoms with Crippen molar-refractivity contribution in [3.8, 4) is 0 Å². The molecule has 0 saturated carbocycles. The Kier molecular flexibility index (Phi) is 10.7. The molecule has 0 atom stereocenters. The average Bonchev–Trinajstić information content (AvgIpc) is 2.27. The number of aliphatic imine (C=N–C) groups is 1. The molecule has 1 aliphatic heterocycles. The van der Waals surface area contributed by atoms with Gasteiger partial charge in [-0.15, -0.1) is 0 Å². The lowest BCUT2D eigenvalue weighted by atomic mass is 9.79. The fourth-order valence-electron chi connectivity index (χ4n) is 0.613. The van der Waals surface area contributed by atoms with Crippen LogP contribution < -0.4 is 11.1 Å². The molecule has 5 heteroatoms. The zero-order valence-electron chi connectivity index (χ0n) is 14.2. The van der Waals surface area contributed by atoms with Crippen LogP contribution in [0.2, 0.25) is 0 Å². The summed E-state index contributed by atoms with van der Waals surface area (Å²) >= 11 is 0. The summed E-state index contributed by atoms with van der Waals surface area (Å²) in [6.07, 6.45) is 2.95. The van der Waals surface area contributed by atoms with E-state index in [4.69, 9.17) is 13.6 Å². The Hall–Kier alpha value is -0.805. The van der Waals surface area contributed by atoms with E-state index in [0.717, 1.165) is 13.1 Å². The standard InChI is InChI=1S/C7H16O.C6H10BN3.C2H6/c1-6(2,3)7(4,5)8;7-5(1-8)2-10-6-3-9-4-6;1-2/h8H,1-5H3;1-2,6,9H,3-4,8H2;1-2H3/b;5-1+,10-2?;. The molecule has 0 unspecified atom stereocenters. The van der Waals surface area contributed by atoms with Gasteiger partial charge in [-0.2, -0.15) is 0 Å². The molecule has 1 heterocycles. The molecule has 1 saturated heterocycles. The van der Waals surface area contributed by atoms with Gasteiger partial charge in [0.25, 0.3) is 0 Å². The highest BCUT2D eigenvalue weighted by atomic mass is 16.3. The van der Waals surface area contributed by atoms with E-state index in [2.05, 4.69) is 10.3 Å². The van der Waals surface area contributed by atoms with Crippen LogP contribution in [0, 0.1) is 5.41 Å². The molecular formula is C15H32BN3O. The van der Waals surface area contributed by atoms with Crippen LogP contribution in [0.4, 0.5) is 0 Å². The second kappa shape index (κ2) is 10.00. The van der Waals surface area contributed by atoms with Crippen molar-refractivity contribution in [2.45, 2.75) is 60.1 Å². The van der Waals surface area contributed by atoms with Crippen molar-refractivity contribution in [3.05, 3.63) is 11.7 Å². The number of nitrogens with zero attached hydrogens (tertiary/aromatic N) is 1. The summed E-state index contributed by atoms with van der Waals surface area (Å²) in [5, 5.41) is 12.5. The number of rotatable bonds is 2. The maximum Gasteiger partial charge on any atom is 0.117 e. The lowest BCUT2D eigenvalue weighted by molar-refractivity contribution is -0.0238. The van der Waals surface area contributed by atoms with Gasteiger partial charge in [0.15, 0.2) is 0 Å². The van der Waals surface area contributed by atoms with Crippen LogP contribution in [-0.2, 0) is 0 Å². The van der Waals surface area contributed by atoms with Crippen molar-refractivity contribution >= 4 is 14.1 Å². The summed E-state index contributed by atoms with van der Waals surface area (Å²) in [6.45, 7) is 15.6. The van der Waals surface area contributed by atoms with Crippen LogP contribution >= 0.6 is 0 Å². The third-order valence-electron chi connectivity index (χ3n) is 3.22. The van der Waals surface area contributed by atoms with E-state index in [-0.39, 0.29) is 5.41 Å². The van der Waals surface area contributed by atoms with Crippen LogP contribution in [0.1, 0.15) is 48.5 Å². The summed E-state index contributed by atoms with van der Waals surface area (Å²) in [6, 6.07) is 0.401. The van der Waals surface area contributed by atoms with E-state index in [1.54, 1.807) is 6.21 Å². The molecule has 0 spiro atoms. The van der Waals surface area contributed by atoms with E-state index >= 15 is 0 Å². The summed E-state index contributed by atoms with van der Waals surface area (Å²) in [5.74, 6) is 0. The van der Waals surface area contributed by atoms with Gasteiger partial charge in [-0.3, -0.25) is 4.99 Å². The summed E-state index contributed by atoms with van der Waals surface area (Å²) < 4.78 is 0. The molecule has 0 amide bonds. The van der Waals surface area contributed by atoms with Gasteiger partial charge in [0.2, 0.25) is 0 Å². The van der Waals surface area contributed by atoms with E-state index in [9.17, 15) is 5.11 Å². The second-order valence-corrected chi connectivity index (χ2v) is 6.07. The predicted molar refractivity (Wildman–Crippen MR) is 90.3 cm³/mol. The van der Waals surface area contributed by atoms with Crippen LogP contribution in [0.25, 0.3) is 0 Å². The number of aliphatic hydroxyl groups is 1. The topological polar surface area (TPSA) is 70.6 Å². The van der Waals surface area contributed by atoms with Gasteiger partial charge in [0.05, 0.1) is 11.6 Å². The van der Waals surface area contributed by atoms with Crippen molar-refractivity contribution in [1.82, 2.24) is 5.32 Å². The average molecular weight is 281 g/mol. The fraction of sp³-hybridized carbons (Fsp3) is 0.800. The monoisotopic (exact) mass is 281 g/mol. The Morgan fingerprint density at radius 3 is 1.85 bits per heavy atom. The highest BCUT2D eigenvalue weighted by Crippen LogP contribution is 2.28. The summed E-state index contributed by atoms with van der Waals surface area (Å²) in [4.78, 5) is 4.14. The first-order valence-electron chi connectivity index (χ1n) is 7.21. The van der Waals surface area contributed by atoms with E-state index in [0.29, 0.717) is 11.5 Å². The maximum absolute atomic E-state index is 9.35. The molecule has 4 nitrogen and oxygen atoms in total. The minimum atomic E-state index is -0.562. The Labute approximate surface area is 126 Å². The first-order chi connectivity index (χ1) is 9.08. The molecule has 20 heavy (non-hydrogen) atoms. The molecule has 116 valence electrons. The number of nitrogens with one attached hydrogen (secondary N) is 1. The Bertz CT molecular complexity index is 285. The Morgan fingerprint density at radius 2 is 1.65 bits per heavy atom.